The van der Waals surface area contributed by atoms with E-state index < -0.39 is 0 Å². The van der Waals surface area contributed by atoms with E-state index in [0.717, 1.165) is 43.9 Å². The molecule has 0 spiro atoms. The molecule has 0 N–H and O–H groups in total. The summed E-state index contributed by atoms with van der Waals surface area (Å²) in [6.45, 7) is 13.1. The molecule has 2 aliphatic heterocycles. The lowest BCUT2D eigenvalue weighted by atomic mass is 9.84. The van der Waals surface area contributed by atoms with E-state index in [1.165, 1.54) is 44.8 Å². The Kier molecular flexibility index (Phi) is 7.82. The number of ether oxygens (including phenoxy) is 2. The quantitative estimate of drug-likeness (QED) is 0.198. The van der Waals surface area contributed by atoms with Gasteiger partial charge in [0, 0.05) is 41.5 Å². The average molecular weight is 543 g/mol. The predicted molar refractivity (Wildman–Crippen MR) is 169 cm³/mol. The number of para-hydroxylation sites is 2. The second-order valence-corrected chi connectivity index (χ2v) is 10.9. The average Bonchev–Trinajstić information content (AvgIpc) is 3.02. The molecule has 0 unspecified atom stereocenters. The number of hydrogen-bond acceptors (Lipinski definition) is 4. The van der Waals surface area contributed by atoms with E-state index in [1.807, 2.05) is 12.2 Å². The number of hydrogen-bond donors (Lipinski definition) is 0. The van der Waals surface area contributed by atoms with Crippen molar-refractivity contribution in [2.24, 2.45) is 0 Å². The van der Waals surface area contributed by atoms with Crippen molar-refractivity contribution < 1.29 is 9.47 Å². The van der Waals surface area contributed by atoms with Crippen LogP contribution in [0.4, 0.5) is 11.4 Å². The second kappa shape index (κ2) is 12.0. The van der Waals surface area contributed by atoms with Crippen LogP contribution in [-0.4, -0.2) is 13.5 Å². The number of nitrogens with zero attached hydrogens (tertiary/aromatic N) is 2. The minimum absolute atomic E-state index is 0.247. The maximum Gasteiger partial charge on any atom is 0.161 e. The van der Waals surface area contributed by atoms with Crippen LogP contribution in [0.25, 0.3) is 0 Å². The number of fused-ring (bicyclic) bond motifs is 2. The van der Waals surface area contributed by atoms with E-state index in [-0.39, 0.29) is 5.92 Å². The summed E-state index contributed by atoms with van der Waals surface area (Å²) in [5.74, 6) is 2.28. The third-order valence-electron chi connectivity index (χ3n) is 8.17. The Balaban J connectivity index is 1.38. The Labute approximate surface area is 244 Å². The molecule has 41 heavy (non-hydrogen) atoms. The van der Waals surface area contributed by atoms with Crippen LogP contribution in [0.3, 0.4) is 0 Å². The van der Waals surface area contributed by atoms with Crippen LogP contribution in [0.5, 0.6) is 11.5 Å². The van der Waals surface area contributed by atoms with Gasteiger partial charge in [-0.3, -0.25) is 0 Å². The van der Waals surface area contributed by atoms with Crippen LogP contribution in [0.2, 0.25) is 0 Å². The molecule has 6 rings (SSSR count). The molecular weight excluding hydrogens is 504 g/mol. The standard InChI is InChI=1S/C37H38N2O2/c1-4-13-27-19-29(21-31-23-38(25-40-36(27)31)33-15-9-7-10-16-33)35(6-3)30-20-28(14-5-2)37-32(22-30)24-39(26-41-37)34-17-11-8-12-18-34/h4-5,7-12,15-22,35H,1-2,6,13-14,23-26H2,3H3. The van der Waals surface area contributed by atoms with Gasteiger partial charge in [-0.15, -0.1) is 13.2 Å². The monoisotopic (exact) mass is 542 g/mol. The zero-order chi connectivity index (χ0) is 28.2. The molecular formula is C37H38N2O2. The molecule has 0 aromatic heterocycles. The smallest absolute Gasteiger partial charge is 0.161 e. The fourth-order valence-corrected chi connectivity index (χ4v) is 6.25. The maximum absolute atomic E-state index is 6.37. The summed E-state index contributed by atoms with van der Waals surface area (Å²) in [7, 11) is 0. The first kappa shape index (κ1) is 26.8. The zero-order valence-corrected chi connectivity index (χ0v) is 23.9. The Morgan fingerprint density at radius 1 is 0.683 bits per heavy atom. The highest BCUT2D eigenvalue weighted by atomic mass is 16.5. The molecule has 0 atom stereocenters. The first-order chi connectivity index (χ1) is 20.2. The van der Waals surface area contributed by atoms with Gasteiger partial charge in [0.2, 0.25) is 0 Å². The lowest BCUT2D eigenvalue weighted by Gasteiger charge is -2.34. The molecule has 2 aliphatic rings. The molecule has 0 saturated heterocycles. The molecule has 0 fully saturated rings. The summed E-state index contributed by atoms with van der Waals surface area (Å²) in [5, 5.41) is 0. The summed E-state index contributed by atoms with van der Waals surface area (Å²) in [6.07, 6.45) is 6.51. The van der Waals surface area contributed by atoms with E-state index in [0.29, 0.717) is 13.5 Å². The highest BCUT2D eigenvalue weighted by Gasteiger charge is 2.26. The number of allylic oxidation sites excluding steroid dienone is 2. The second-order valence-electron chi connectivity index (χ2n) is 10.9. The summed E-state index contributed by atoms with van der Waals surface area (Å²) < 4.78 is 12.7. The van der Waals surface area contributed by atoms with E-state index in [2.05, 4.69) is 115 Å². The fourth-order valence-electron chi connectivity index (χ4n) is 6.25. The van der Waals surface area contributed by atoms with E-state index in [4.69, 9.17) is 9.47 Å². The van der Waals surface area contributed by atoms with Gasteiger partial charge in [0.05, 0.1) is 0 Å². The first-order valence-corrected chi connectivity index (χ1v) is 14.6. The molecule has 0 aliphatic carbocycles. The molecule has 0 bridgehead atoms. The van der Waals surface area contributed by atoms with E-state index in [9.17, 15) is 0 Å². The van der Waals surface area contributed by atoms with Crippen molar-refractivity contribution in [1.82, 2.24) is 0 Å². The highest BCUT2D eigenvalue weighted by molar-refractivity contribution is 5.57. The normalized spacial score (nSPS) is 14.1. The molecule has 0 saturated carbocycles. The van der Waals surface area contributed by atoms with Crippen LogP contribution < -0.4 is 19.3 Å². The van der Waals surface area contributed by atoms with Gasteiger partial charge in [0.15, 0.2) is 13.5 Å². The lowest BCUT2D eigenvalue weighted by Crippen LogP contribution is -2.32. The van der Waals surface area contributed by atoms with Gasteiger partial charge in [-0.05, 0) is 77.9 Å². The predicted octanol–water partition coefficient (Wildman–Crippen LogP) is 8.40. The highest BCUT2D eigenvalue weighted by Crippen LogP contribution is 2.41. The minimum atomic E-state index is 0.247. The molecule has 0 radical (unpaired) electrons. The lowest BCUT2D eigenvalue weighted by molar-refractivity contribution is 0.286. The van der Waals surface area contributed by atoms with E-state index in [1.54, 1.807) is 0 Å². The minimum Gasteiger partial charge on any atom is -0.472 e. The molecule has 208 valence electrons. The van der Waals surface area contributed by atoms with Gasteiger partial charge in [0.25, 0.3) is 0 Å². The summed E-state index contributed by atoms with van der Waals surface area (Å²) in [5.41, 5.74) is 9.88. The molecule has 2 heterocycles. The van der Waals surface area contributed by atoms with Crippen LogP contribution in [-0.2, 0) is 25.9 Å². The van der Waals surface area contributed by atoms with Crippen molar-refractivity contribution in [2.75, 3.05) is 23.3 Å². The topological polar surface area (TPSA) is 24.9 Å². The van der Waals surface area contributed by atoms with Crippen molar-refractivity contribution in [2.45, 2.75) is 45.2 Å². The van der Waals surface area contributed by atoms with Crippen molar-refractivity contribution >= 4 is 11.4 Å². The Morgan fingerprint density at radius 3 is 1.51 bits per heavy atom. The number of anilines is 2. The molecule has 4 heteroatoms. The maximum atomic E-state index is 6.37. The van der Waals surface area contributed by atoms with Crippen LogP contribution in [0, 0.1) is 0 Å². The van der Waals surface area contributed by atoms with Gasteiger partial charge < -0.3 is 19.3 Å². The van der Waals surface area contributed by atoms with Crippen molar-refractivity contribution in [3.05, 3.63) is 144 Å². The Hall–Kier alpha value is -4.44. The third kappa shape index (κ3) is 5.47. The van der Waals surface area contributed by atoms with Gasteiger partial charge in [-0.25, -0.2) is 0 Å². The summed E-state index contributed by atoms with van der Waals surface area (Å²) >= 11 is 0. The zero-order valence-electron chi connectivity index (χ0n) is 23.9. The van der Waals surface area contributed by atoms with Gasteiger partial charge in [-0.2, -0.15) is 0 Å². The van der Waals surface area contributed by atoms with Crippen LogP contribution in [0.1, 0.15) is 52.6 Å². The van der Waals surface area contributed by atoms with Crippen LogP contribution in [0.15, 0.2) is 110 Å². The van der Waals surface area contributed by atoms with Gasteiger partial charge >= 0.3 is 0 Å². The first-order valence-electron chi connectivity index (χ1n) is 14.6. The fraction of sp³-hybridized carbons (Fsp3) is 0.243. The van der Waals surface area contributed by atoms with E-state index >= 15 is 0 Å². The summed E-state index contributed by atoms with van der Waals surface area (Å²) in [6, 6.07) is 30.4. The Morgan fingerprint density at radius 2 is 1.12 bits per heavy atom. The largest absolute Gasteiger partial charge is 0.472 e. The number of rotatable bonds is 9. The summed E-state index contributed by atoms with van der Waals surface area (Å²) in [4.78, 5) is 4.59. The number of benzene rings is 4. The van der Waals surface area contributed by atoms with Crippen molar-refractivity contribution in [1.29, 1.82) is 0 Å². The van der Waals surface area contributed by atoms with Gasteiger partial charge in [-0.1, -0.05) is 67.6 Å². The molecule has 4 nitrogen and oxygen atoms in total. The van der Waals surface area contributed by atoms with Crippen molar-refractivity contribution in [3.8, 4) is 11.5 Å². The molecule has 0 amide bonds. The Bertz CT molecular complexity index is 1420. The molecule has 4 aromatic rings. The molecule has 4 aromatic carbocycles. The van der Waals surface area contributed by atoms with Crippen molar-refractivity contribution in [3.63, 3.8) is 0 Å². The third-order valence-corrected chi connectivity index (χ3v) is 8.17. The van der Waals surface area contributed by atoms with Gasteiger partial charge in [0.1, 0.15) is 11.5 Å². The SMILES string of the molecule is C=CCc1cc(C(CC)c2cc(CC=C)c3c(c2)CN(c2ccccc2)CO3)cc2c1OCN(c1ccccc1)C2. The van der Waals surface area contributed by atoms with Crippen LogP contribution >= 0.6 is 0 Å².